The van der Waals surface area contributed by atoms with Crippen LogP contribution in [0.3, 0.4) is 0 Å². The fourth-order valence-electron chi connectivity index (χ4n) is 13.8. The predicted octanol–water partition coefficient (Wildman–Crippen LogP) is 20.1. The van der Waals surface area contributed by atoms with Gasteiger partial charge in [0.05, 0.1) is 16.8 Å². The van der Waals surface area contributed by atoms with Gasteiger partial charge in [0.1, 0.15) is 0 Å². The summed E-state index contributed by atoms with van der Waals surface area (Å²) in [5, 5.41) is 9.98. The van der Waals surface area contributed by atoms with Crippen LogP contribution in [-0.2, 0) is 10.8 Å². The third-order valence-corrected chi connectivity index (χ3v) is 17.3. The van der Waals surface area contributed by atoms with Gasteiger partial charge in [-0.05, 0) is 159 Å². The molecule has 0 saturated carbocycles. The van der Waals surface area contributed by atoms with Crippen LogP contribution in [0.5, 0.6) is 0 Å². The normalized spacial score (nSPS) is 13.7. The highest BCUT2D eigenvalue weighted by Gasteiger charge is 2.46. The van der Waals surface area contributed by atoms with Gasteiger partial charge < -0.3 is 4.90 Å². The SMILES string of the molecule is Cc1ccc(N(c2ccc3c(c2)C(C)(C)c2cc(-c4c5ccccc5c(-c5ccc6c(c5)-c5ccccc5C6(c5ccccc5)c5ccccc5)c5ccccc45)ccc2-3)c2cccc3ccccc23)c2ccccc12. The van der Waals surface area contributed by atoms with Crippen molar-refractivity contribution in [2.75, 3.05) is 4.90 Å². The zero-order chi connectivity index (χ0) is 50.7. The molecule has 76 heavy (non-hydrogen) atoms. The first-order chi connectivity index (χ1) is 37.4. The number of benzene rings is 13. The van der Waals surface area contributed by atoms with E-state index in [2.05, 4.69) is 293 Å². The minimum atomic E-state index is -0.449. The second kappa shape index (κ2) is 16.9. The van der Waals surface area contributed by atoms with Crippen LogP contribution in [-0.4, -0.2) is 0 Å². The van der Waals surface area contributed by atoms with E-state index >= 15 is 0 Å². The Balaban J connectivity index is 0.884. The van der Waals surface area contributed by atoms with E-state index in [1.165, 1.54) is 138 Å². The smallest absolute Gasteiger partial charge is 0.0713 e. The fraction of sp³-hybridized carbons (Fsp3) is 0.0667. The van der Waals surface area contributed by atoms with Crippen molar-refractivity contribution >= 4 is 60.2 Å². The molecule has 358 valence electrons. The molecule has 15 rings (SSSR count). The fourth-order valence-corrected chi connectivity index (χ4v) is 13.8. The first-order valence-electron chi connectivity index (χ1n) is 26.7. The summed E-state index contributed by atoms with van der Waals surface area (Å²) in [7, 11) is 0. The number of hydrogen-bond acceptors (Lipinski definition) is 1. The molecule has 0 amide bonds. The molecule has 0 aliphatic heterocycles. The molecule has 0 aromatic heterocycles. The van der Waals surface area contributed by atoms with Gasteiger partial charge in [-0.2, -0.15) is 0 Å². The summed E-state index contributed by atoms with van der Waals surface area (Å²) in [5.41, 5.74) is 22.1. The summed E-state index contributed by atoms with van der Waals surface area (Å²) in [6, 6.07) is 100. The molecular weight excluding hydrogens is 915 g/mol. The summed E-state index contributed by atoms with van der Waals surface area (Å²) in [5.74, 6) is 0. The van der Waals surface area contributed by atoms with Crippen LogP contribution < -0.4 is 4.90 Å². The van der Waals surface area contributed by atoms with E-state index in [4.69, 9.17) is 0 Å². The standard InChI is InChI=1S/C75H53N/c1-48-37-44-71(60-30-13-12-27-55(48)60)76(70-36-20-22-49-21-10-11-28-56(49)70)54-40-42-59-58-41-38-51(46-68(58)74(2,3)69(59)47-54)73-63-33-16-14-31-61(63)72(62-32-15-17-34-64(62)73)50-39-43-67-65(45-50)57-29-18-19-35-66(57)75(67,52-23-6-4-7-24-52)53-25-8-5-9-26-53/h4-47H,1-3H3. The zero-order valence-corrected chi connectivity index (χ0v) is 42.9. The lowest BCUT2D eigenvalue weighted by atomic mass is 9.67. The van der Waals surface area contributed by atoms with E-state index in [1.807, 2.05) is 0 Å². The van der Waals surface area contributed by atoms with E-state index in [9.17, 15) is 0 Å². The highest BCUT2D eigenvalue weighted by Crippen LogP contribution is 2.58. The molecule has 0 spiro atoms. The second-order valence-corrected chi connectivity index (χ2v) is 21.5. The number of fused-ring (bicyclic) bond motifs is 10. The Morgan fingerprint density at radius 3 is 1.45 bits per heavy atom. The quantitative estimate of drug-likeness (QED) is 0.144. The lowest BCUT2D eigenvalue weighted by molar-refractivity contribution is 0.660. The molecule has 2 aliphatic carbocycles. The van der Waals surface area contributed by atoms with Gasteiger partial charge in [0.2, 0.25) is 0 Å². The number of anilines is 3. The minimum absolute atomic E-state index is 0.280. The highest BCUT2D eigenvalue weighted by atomic mass is 15.1. The van der Waals surface area contributed by atoms with Gasteiger partial charge in [-0.15, -0.1) is 0 Å². The van der Waals surface area contributed by atoms with Crippen LogP contribution in [0.15, 0.2) is 267 Å². The van der Waals surface area contributed by atoms with Gasteiger partial charge in [0.25, 0.3) is 0 Å². The van der Waals surface area contributed by atoms with Crippen LogP contribution in [0.2, 0.25) is 0 Å². The molecule has 0 saturated heterocycles. The predicted molar refractivity (Wildman–Crippen MR) is 322 cm³/mol. The number of hydrogen-bond donors (Lipinski definition) is 0. The molecule has 0 unspecified atom stereocenters. The lowest BCUT2D eigenvalue weighted by Crippen LogP contribution is -2.28. The minimum Gasteiger partial charge on any atom is -0.309 e. The summed E-state index contributed by atoms with van der Waals surface area (Å²) in [6.07, 6.45) is 0. The van der Waals surface area contributed by atoms with Crippen molar-refractivity contribution in [2.24, 2.45) is 0 Å². The van der Waals surface area contributed by atoms with E-state index < -0.39 is 5.41 Å². The average molecular weight is 968 g/mol. The first kappa shape index (κ1) is 44.2. The molecule has 0 fully saturated rings. The molecule has 2 aliphatic rings. The first-order valence-corrected chi connectivity index (χ1v) is 26.7. The van der Waals surface area contributed by atoms with E-state index in [-0.39, 0.29) is 5.41 Å². The van der Waals surface area contributed by atoms with Crippen LogP contribution in [0.1, 0.15) is 52.8 Å². The molecule has 13 aromatic rings. The Kier molecular flexibility index (Phi) is 9.81. The van der Waals surface area contributed by atoms with Crippen molar-refractivity contribution < 1.29 is 0 Å². The molecule has 1 heteroatoms. The van der Waals surface area contributed by atoms with Crippen LogP contribution >= 0.6 is 0 Å². The highest BCUT2D eigenvalue weighted by molar-refractivity contribution is 6.22. The number of aryl methyl sites for hydroxylation is 1. The molecule has 0 bridgehead atoms. The van der Waals surface area contributed by atoms with Crippen molar-refractivity contribution in [1.29, 1.82) is 0 Å². The Morgan fingerprint density at radius 1 is 0.303 bits per heavy atom. The molecular formula is C75H53N. The van der Waals surface area contributed by atoms with Crippen LogP contribution in [0, 0.1) is 6.92 Å². The average Bonchev–Trinajstić information content (AvgIpc) is 4.10. The topological polar surface area (TPSA) is 3.24 Å². The maximum Gasteiger partial charge on any atom is 0.0713 e. The van der Waals surface area contributed by atoms with Crippen molar-refractivity contribution in [3.05, 3.63) is 306 Å². The van der Waals surface area contributed by atoms with Crippen LogP contribution in [0.25, 0.3) is 87.6 Å². The maximum absolute atomic E-state index is 2.51. The molecule has 0 heterocycles. The lowest BCUT2D eigenvalue weighted by Gasteiger charge is -2.33. The zero-order valence-electron chi connectivity index (χ0n) is 42.9. The second-order valence-electron chi connectivity index (χ2n) is 21.5. The van der Waals surface area contributed by atoms with Crippen molar-refractivity contribution in [3.8, 4) is 44.5 Å². The third-order valence-electron chi connectivity index (χ3n) is 17.3. The van der Waals surface area contributed by atoms with Crippen molar-refractivity contribution in [1.82, 2.24) is 0 Å². The van der Waals surface area contributed by atoms with E-state index in [0.717, 1.165) is 5.69 Å². The van der Waals surface area contributed by atoms with E-state index in [1.54, 1.807) is 0 Å². The molecule has 13 aromatic carbocycles. The Bertz CT molecular complexity index is 4400. The molecule has 0 atom stereocenters. The summed E-state index contributed by atoms with van der Waals surface area (Å²) in [4.78, 5) is 2.50. The van der Waals surface area contributed by atoms with Gasteiger partial charge in [0, 0.05) is 21.9 Å². The van der Waals surface area contributed by atoms with Crippen molar-refractivity contribution in [3.63, 3.8) is 0 Å². The van der Waals surface area contributed by atoms with Gasteiger partial charge in [0.15, 0.2) is 0 Å². The molecule has 0 radical (unpaired) electrons. The summed E-state index contributed by atoms with van der Waals surface area (Å²) in [6.45, 7) is 7.06. The monoisotopic (exact) mass is 967 g/mol. The maximum atomic E-state index is 2.51. The largest absolute Gasteiger partial charge is 0.309 e. The summed E-state index contributed by atoms with van der Waals surface area (Å²) < 4.78 is 0. The van der Waals surface area contributed by atoms with Gasteiger partial charge in [-0.25, -0.2) is 0 Å². The number of rotatable bonds is 7. The van der Waals surface area contributed by atoms with E-state index in [0.29, 0.717) is 0 Å². The van der Waals surface area contributed by atoms with Gasteiger partial charge >= 0.3 is 0 Å². The van der Waals surface area contributed by atoms with Crippen molar-refractivity contribution in [2.45, 2.75) is 31.6 Å². The van der Waals surface area contributed by atoms with Crippen LogP contribution in [0.4, 0.5) is 17.1 Å². The van der Waals surface area contributed by atoms with Gasteiger partial charge in [-0.3, -0.25) is 0 Å². The molecule has 1 nitrogen and oxygen atoms in total. The van der Waals surface area contributed by atoms with Gasteiger partial charge in [-0.1, -0.05) is 244 Å². The third kappa shape index (κ3) is 6.33. The Morgan fingerprint density at radius 2 is 0.776 bits per heavy atom. The Labute approximate surface area is 444 Å². The Hall–Kier alpha value is -9.30. The summed E-state index contributed by atoms with van der Waals surface area (Å²) >= 11 is 0. The number of nitrogens with zero attached hydrogens (tertiary/aromatic N) is 1. The molecule has 0 N–H and O–H groups in total.